The number of morpholine rings is 1. The molecule has 8 heteroatoms. The number of carbonyl (C=O) groups is 1. The standard InChI is InChI=1S/C17H22F3N3O2/c18-17(19,20)15-4-2-1-3-14(15)13-21-5-7-22(8-6-21)16(24)23-9-11-25-12-10-23/h1-4H,5-13H2. The Balaban J connectivity index is 1.56. The Kier molecular flexibility index (Phi) is 5.48. The summed E-state index contributed by atoms with van der Waals surface area (Å²) in [7, 11) is 0. The summed E-state index contributed by atoms with van der Waals surface area (Å²) in [5.41, 5.74) is -0.301. The maximum atomic E-state index is 13.1. The number of hydrogen-bond acceptors (Lipinski definition) is 3. The van der Waals surface area contributed by atoms with Crippen LogP contribution < -0.4 is 0 Å². The molecule has 1 aromatic rings. The van der Waals surface area contributed by atoms with Crippen LogP contribution in [0.15, 0.2) is 24.3 Å². The van der Waals surface area contributed by atoms with Crippen molar-refractivity contribution in [3.05, 3.63) is 35.4 Å². The second-order valence-corrected chi connectivity index (χ2v) is 6.30. The van der Waals surface area contributed by atoms with Gasteiger partial charge in [-0.2, -0.15) is 13.2 Å². The molecule has 2 fully saturated rings. The molecule has 25 heavy (non-hydrogen) atoms. The lowest BCUT2D eigenvalue weighted by molar-refractivity contribution is -0.138. The Hall–Kier alpha value is -1.80. The van der Waals surface area contributed by atoms with E-state index < -0.39 is 11.7 Å². The first-order valence-corrected chi connectivity index (χ1v) is 8.44. The van der Waals surface area contributed by atoms with Crippen LogP contribution >= 0.6 is 0 Å². The van der Waals surface area contributed by atoms with Crippen molar-refractivity contribution in [2.24, 2.45) is 0 Å². The fourth-order valence-electron chi connectivity index (χ4n) is 3.23. The van der Waals surface area contributed by atoms with Crippen LogP contribution in [0.1, 0.15) is 11.1 Å². The normalized spacial score (nSPS) is 20.0. The summed E-state index contributed by atoms with van der Waals surface area (Å²) in [4.78, 5) is 17.9. The molecule has 2 aliphatic rings. The first kappa shape index (κ1) is 18.0. The van der Waals surface area contributed by atoms with Crippen molar-refractivity contribution < 1.29 is 22.7 Å². The summed E-state index contributed by atoms with van der Waals surface area (Å²) >= 11 is 0. The van der Waals surface area contributed by atoms with Crippen LogP contribution in [0.3, 0.4) is 0 Å². The highest BCUT2D eigenvalue weighted by atomic mass is 19.4. The molecule has 2 heterocycles. The molecule has 0 bridgehead atoms. The smallest absolute Gasteiger partial charge is 0.378 e. The van der Waals surface area contributed by atoms with E-state index in [0.29, 0.717) is 52.5 Å². The second kappa shape index (κ2) is 7.61. The lowest BCUT2D eigenvalue weighted by Gasteiger charge is -2.38. The number of benzene rings is 1. The van der Waals surface area contributed by atoms with E-state index in [9.17, 15) is 18.0 Å². The summed E-state index contributed by atoms with van der Waals surface area (Å²) in [6.45, 7) is 4.75. The van der Waals surface area contributed by atoms with E-state index in [1.807, 2.05) is 4.90 Å². The Morgan fingerprint density at radius 2 is 1.56 bits per heavy atom. The quantitative estimate of drug-likeness (QED) is 0.815. The van der Waals surface area contributed by atoms with Crippen LogP contribution in [0, 0.1) is 0 Å². The van der Waals surface area contributed by atoms with E-state index >= 15 is 0 Å². The number of urea groups is 1. The molecule has 2 aliphatic heterocycles. The lowest BCUT2D eigenvalue weighted by Crippen LogP contribution is -2.54. The van der Waals surface area contributed by atoms with Gasteiger partial charge in [0.15, 0.2) is 0 Å². The zero-order valence-corrected chi connectivity index (χ0v) is 14.0. The van der Waals surface area contributed by atoms with Crippen molar-refractivity contribution in [3.63, 3.8) is 0 Å². The van der Waals surface area contributed by atoms with Gasteiger partial charge in [0.1, 0.15) is 0 Å². The maximum absolute atomic E-state index is 13.1. The predicted molar refractivity (Wildman–Crippen MR) is 86.1 cm³/mol. The van der Waals surface area contributed by atoms with Crippen LogP contribution in [0.4, 0.5) is 18.0 Å². The molecule has 138 valence electrons. The number of hydrogen-bond donors (Lipinski definition) is 0. The van der Waals surface area contributed by atoms with Gasteiger partial charge in [-0.1, -0.05) is 18.2 Å². The molecule has 2 amide bonds. The van der Waals surface area contributed by atoms with E-state index in [1.165, 1.54) is 12.1 Å². The molecular formula is C17H22F3N3O2. The summed E-state index contributed by atoms with van der Waals surface area (Å²) in [6, 6.07) is 5.67. The van der Waals surface area contributed by atoms with Gasteiger partial charge < -0.3 is 14.5 Å². The number of alkyl halides is 3. The van der Waals surface area contributed by atoms with Gasteiger partial charge in [0.2, 0.25) is 0 Å². The number of piperazine rings is 1. The number of ether oxygens (including phenoxy) is 1. The van der Waals surface area contributed by atoms with Crippen molar-refractivity contribution >= 4 is 6.03 Å². The van der Waals surface area contributed by atoms with Crippen molar-refractivity contribution in [1.29, 1.82) is 0 Å². The Morgan fingerprint density at radius 3 is 2.20 bits per heavy atom. The fraction of sp³-hybridized carbons (Fsp3) is 0.588. The van der Waals surface area contributed by atoms with Gasteiger partial charge >= 0.3 is 12.2 Å². The maximum Gasteiger partial charge on any atom is 0.416 e. The first-order valence-electron chi connectivity index (χ1n) is 8.44. The van der Waals surface area contributed by atoms with Crippen LogP contribution in [0.25, 0.3) is 0 Å². The van der Waals surface area contributed by atoms with Gasteiger partial charge in [0.05, 0.1) is 18.8 Å². The highest BCUT2D eigenvalue weighted by Crippen LogP contribution is 2.32. The van der Waals surface area contributed by atoms with Crippen molar-refractivity contribution in [3.8, 4) is 0 Å². The third-order valence-corrected chi connectivity index (χ3v) is 4.64. The average Bonchev–Trinajstić information content (AvgIpc) is 2.62. The molecular weight excluding hydrogens is 335 g/mol. The lowest BCUT2D eigenvalue weighted by atomic mass is 10.1. The zero-order valence-electron chi connectivity index (χ0n) is 14.0. The highest BCUT2D eigenvalue weighted by Gasteiger charge is 2.34. The van der Waals surface area contributed by atoms with E-state index in [4.69, 9.17) is 4.74 Å². The van der Waals surface area contributed by atoms with Gasteiger partial charge in [-0.15, -0.1) is 0 Å². The molecule has 0 spiro atoms. The van der Waals surface area contributed by atoms with Gasteiger partial charge in [0.25, 0.3) is 0 Å². The minimum Gasteiger partial charge on any atom is -0.378 e. The van der Waals surface area contributed by atoms with Crippen LogP contribution in [0.5, 0.6) is 0 Å². The second-order valence-electron chi connectivity index (χ2n) is 6.30. The van der Waals surface area contributed by atoms with Gasteiger partial charge in [0, 0.05) is 45.8 Å². The minimum absolute atomic E-state index is 0.00126. The predicted octanol–water partition coefficient (Wildman–Crippen LogP) is 2.28. The summed E-state index contributed by atoms with van der Waals surface area (Å²) in [5, 5.41) is 0. The topological polar surface area (TPSA) is 36.0 Å². The van der Waals surface area contributed by atoms with Gasteiger partial charge in [-0.3, -0.25) is 4.90 Å². The van der Waals surface area contributed by atoms with Gasteiger partial charge in [-0.25, -0.2) is 4.79 Å². The molecule has 0 unspecified atom stereocenters. The van der Waals surface area contributed by atoms with Crippen LogP contribution in [0.2, 0.25) is 0 Å². The largest absolute Gasteiger partial charge is 0.416 e. The summed E-state index contributed by atoms with van der Waals surface area (Å²) in [6.07, 6.45) is -4.34. The molecule has 0 atom stereocenters. The first-order chi connectivity index (χ1) is 11.9. The van der Waals surface area contributed by atoms with Gasteiger partial charge in [-0.05, 0) is 11.6 Å². The van der Waals surface area contributed by atoms with E-state index in [-0.39, 0.29) is 18.1 Å². The number of rotatable bonds is 2. The number of halogens is 3. The fourth-order valence-corrected chi connectivity index (χ4v) is 3.23. The SMILES string of the molecule is O=C(N1CCOCC1)N1CCN(Cc2ccccc2C(F)(F)F)CC1. The highest BCUT2D eigenvalue weighted by molar-refractivity contribution is 5.74. The van der Waals surface area contributed by atoms with E-state index in [1.54, 1.807) is 15.9 Å². The monoisotopic (exact) mass is 357 g/mol. The molecule has 0 radical (unpaired) electrons. The van der Waals surface area contributed by atoms with Crippen molar-refractivity contribution in [1.82, 2.24) is 14.7 Å². The van der Waals surface area contributed by atoms with Crippen LogP contribution in [-0.2, 0) is 17.5 Å². The molecule has 3 rings (SSSR count). The minimum atomic E-state index is -4.34. The molecule has 0 saturated carbocycles. The Bertz CT molecular complexity index is 595. The molecule has 2 saturated heterocycles. The van der Waals surface area contributed by atoms with Crippen LogP contribution in [-0.4, -0.2) is 73.2 Å². The Labute approximate surface area is 144 Å². The number of nitrogens with zero attached hydrogens (tertiary/aromatic N) is 3. The summed E-state index contributed by atoms with van der Waals surface area (Å²) < 4.78 is 44.5. The van der Waals surface area contributed by atoms with Crippen molar-refractivity contribution in [2.45, 2.75) is 12.7 Å². The van der Waals surface area contributed by atoms with Crippen molar-refractivity contribution in [2.75, 3.05) is 52.5 Å². The van der Waals surface area contributed by atoms with E-state index in [0.717, 1.165) is 6.07 Å². The third-order valence-electron chi connectivity index (χ3n) is 4.64. The van der Waals surface area contributed by atoms with E-state index in [2.05, 4.69) is 0 Å². The Morgan fingerprint density at radius 1 is 0.960 bits per heavy atom. The number of amides is 2. The number of carbonyl (C=O) groups excluding carboxylic acids is 1. The molecule has 5 nitrogen and oxygen atoms in total. The molecule has 0 aromatic heterocycles. The zero-order chi connectivity index (χ0) is 17.9. The molecule has 1 aromatic carbocycles. The molecule has 0 aliphatic carbocycles. The molecule has 0 N–H and O–H groups in total. The summed E-state index contributed by atoms with van der Waals surface area (Å²) in [5.74, 6) is 0. The average molecular weight is 357 g/mol. The third kappa shape index (κ3) is 4.43.